The van der Waals surface area contributed by atoms with Crippen molar-refractivity contribution in [1.82, 2.24) is 9.55 Å². The molecule has 31 heavy (non-hydrogen) atoms. The van der Waals surface area contributed by atoms with Crippen molar-refractivity contribution in [3.63, 3.8) is 0 Å². The van der Waals surface area contributed by atoms with Crippen LogP contribution in [0.3, 0.4) is 0 Å². The Balaban J connectivity index is 1.40. The molecule has 0 atom stereocenters. The van der Waals surface area contributed by atoms with E-state index in [0.717, 1.165) is 17.9 Å². The molecule has 3 aromatic rings. The molecule has 8 nitrogen and oxygen atoms in total. The number of benzene rings is 2. The standard InChI is InChI=1S/C23H24N4O4/c1-26-13-11-24-21(26)15-31-18-8-5-16(6-9-18)23(29)25-17-7-10-19(20(14-17)30-2)27-12-3-4-22(27)28/h5-11,13-14H,3-4,12,15H2,1-2H3,(H,25,29). The first-order valence-electron chi connectivity index (χ1n) is 10.0. The maximum Gasteiger partial charge on any atom is 0.255 e. The number of hydrogen-bond acceptors (Lipinski definition) is 5. The third-order valence-electron chi connectivity index (χ3n) is 5.21. The van der Waals surface area contributed by atoms with Crippen LogP contribution in [-0.4, -0.2) is 35.0 Å². The maximum absolute atomic E-state index is 12.6. The molecule has 2 heterocycles. The highest BCUT2D eigenvalue weighted by atomic mass is 16.5. The van der Waals surface area contributed by atoms with Gasteiger partial charge in [0.1, 0.15) is 23.9 Å². The lowest BCUT2D eigenvalue weighted by molar-refractivity contribution is -0.117. The molecular weight excluding hydrogens is 396 g/mol. The normalized spacial score (nSPS) is 13.4. The van der Waals surface area contributed by atoms with E-state index >= 15 is 0 Å². The van der Waals surface area contributed by atoms with Crippen LogP contribution < -0.4 is 19.7 Å². The predicted molar refractivity (Wildman–Crippen MR) is 117 cm³/mol. The van der Waals surface area contributed by atoms with Gasteiger partial charge in [-0.1, -0.05) is 0 Å². The zero-order chi connectivity index (χ0) is 21.8. The number of imidazole rings is 1. The fourth-order valence-corrected chi connectivity index (χ4v) is 3.47. The van der Waals surface area contributed by atoms with Crippen LogP contribution in [0.5, 0.6) is 11.5 Å². The zero-order valence-electron chi connectivity index (χ0n) is 17.5. The number of anilines is 2. The van der Waals surface area contributed by atoms with Crippen LogP contribution in [0.2, 0.25) is 0 Å². The van der Waals surface area contributed by atoms with Crippen LogP contribution in [0.25, 0.3) is 0 Å². The van der Waals surface area contributed by atoms with E-state index in [1.54, 1.807) is 60.7 Å². The van der Waals surface area contributed by atoms with E-state index in [2.05, 4.69) is 10.3 Å². The van der Waals surface area contributed by atoms with Crippen LogP contribution in [0.15, 0.2) is 54.9 Å². The number of ether oxygens (including phenoxy) is 2. The van der Waals surface area contributed by atoms with Crippen LogP contribution in [0.4, 0.5) is 11.4 Å². The fraction of sp³-hybridized carbons (Fsp3) is 0.261. The Morgan fingerprint density at radius 3 is 2.65 bits per heavy atom. The fourth-order valence-electron chi connectivity index (χ4n) is 3.47. The summed E-state index contributed by atoms with van der Waals surface area (Å²) in [7, 11) is 3.46. The Morgan fingerprint density at radius 1 is 1.19 bits per heavy atom. The number of carbonyl (C=O) groups is 2. The molecule has 4 rings (SSSR count). The van der Waals surface area contributed by atoms with E-state index in [1.807, 2.05) is 17.8 Å². The van der Waals surface area contributed by atoms with Crippen molar-refractivity contribution in [2.75, 3.05) is 23.9 Å². The molecule has 0 aliphatic carbocycles. The molecule has 2 amide bonds. The van der Waals surface area contributed by atoms with Gasteiger partial charge < -0.3 is 24.3 Å². The summed E-state index contributed by atoms with van der Waals surface area (Å²) in [5.74, 6) is 1.85. The second-order valence-corrected chi connectivity index (χ2v) is 7.26. The first-order chi connectivity index (χ1) is 15.0. The van der Waals surface area contributed by atoms with Crippen molar-refractivity contribution < 1.29 is 19.1 Å². The number of amides is 2. The highest BCUT2D eigenvalue weighted by molar-refractivity contribution is 6.05. The Hall–Kier alpha value is -3.81. The third-order valence-corrected chi connectivity index (χ3v) is 5.21. The molecule has 1 fully saturated rings. The average Bonchev–Trinajstić information content (AvgIpc) is 3.40. The minimum atomic E-state index is -0.247. The Bertz CT molecular complexity index is 1090. The van der Waals surface area contributed by atoms with Gasteiger partial charge in [0.2, 0.25) is 5.91 Å². The molecule has 1 aliphatic heterocycles. The van der Waals surface area contributed by atoms with Crippen LogP contribution >= 0.6 is 0 Å². The summed E-state index contributed by atoms with van der Waals surface area (Å²) in [6.07, 6.45) is 4.96. The monoisotopic (exact) mass is 420 g/mol. The molecule has 0 saturated carbocycles. The summed E-state index contributed by atoms with van der Waals surface area (Å²) in [6, 6.07) is 12.2. The van der Waals surface area contributed by atoms with Crippen molar-refractivity contribution in [2.24, 2.45) is 7.05 Å². The summed E-state index contributed by atoms with van der Waals surface area (Å²) in [5.41, 5.74) is 1.81. The van der Waals surface area contributed by atoms with Gasteiger partial charge in [-0.15, -0.1) is 0 Å². The summed E-state index contributed by atoms with van der Waals surface area (Å²) in [6.45, 7) is 1.02. The van der Waals surface area contributed by atoms with Gasteiger partial charge in [-0.25, -0.2) is 4.98 Å². The smallest absolute Gasteiger partial charge is 0.255 e. The number of hydrogen-bond donors (Lipinski definition) is 1. The summed E-state index contributed by atoms with van der Waals surface area (Å²) < 4.78 is 13.1. The van der Waals surface area contributed by atoms with Gasteiger partial charge >= 0.3 is 0 Å². The second kappa shape index (κ2) is 8.91. The molecule has 0 unspecified atom stereocenters. The van der Waals surface area contributed by atoms with Crippen molar-refractivity contribution in [3.8, 4) is 11.5 Å². The van der Waals surface area contributed by atoms with Crippen molar-refractivity contribution in [3.05, 3.63) is 66.2 Å². The molecule has 2 aromatic carbocycles. The number of nitrogens with one attached hydrogen (secondary N) is 1. The molecule has 1 aliphatic rings. The summed E-state index contributed by atoms with van der Waals surface area (Å²) in [4.78, 5) is 30.6. The van der Waals surface area contributed by atoms with E-state index < -0.39 is 0 Å². The number of aromatic nitrogens is 2. The number of nitrogens with zero attached hydrogens (tertiary/aromatic N) is 3. The molecule has 1 N–H and O–H groups in total. The van der Waals surface area contributed by atoms with Crippen molar-refractivity contribution >= 4 is 23.2 Å². The van der Waals surface area contributed by atoms with Crippen molar-refractivity contribution in [1.29, 1.82) is 0 Å². The van der Waals surface area contributed by atoms with E-state index in [0.29, 0.717) is 42.3 Å². The number of rotatable bonds is 7. The van der Waals surface area contributed by atoms with E-state index in [9.17, 15) is 9.59 Å². The van der Waals surface area contributed by atoms with Gasteiger partial charge in [0, 0.05) is 49.7 Å². The zero-order valence-corrected chi connectivity index (χ0v) is 17.5. The topological polar surface area (TPSA) is 85.7 Å². The molecular formula is C23H24N4O4. The molecule has 0 bridgehead atoms. The first-order valence-corrected chi connectivity index (χ1v) is 10.0. The van der Waals surface area contributed by atoms with E-state index in [4.69, 9.17) is 9.47 Å². The first kappa shape index (κ1) is 20.5. The predicted octanol–water partition coefficient (Wildman–Crippen LogP) is 3.39. The Morgan fingerprint density at radius 2 is 2.00 bits per heavy atom. The van der Waals surface area contributed by atoms with E-state index in [1.165, 1.54) is 0 Å². The second-order valence-electron chi connectivity index (χ2n) is 7.26. The minimum Gasteiger partial charge on any atom is -0.494 e. The van der Waals surface area contributed by atoms with Gasteiger partial charge in [0.15, 0.2) is 0 Å². The SMILES string of the molecule is COc1cc(NC(=O)c2ccc(OCc3nccn3C)cc2)ccc1N1CCCC1=O. The van der Waals surface area contributed by atoms with Gasteiger partial charge in [-0.2, -0.15) is 0 Å². The van der Waals surface area contributed by atoms with Gasteiger partial charge in [0.25, 0.3) is 5.91 Å². The van der Waals surface area contributed by atoms with E-state index in [-0.39, 0.29) is 11.8 Å². The minimum absolute atomic E-state index is 0.0836. The number of methoxy groups -OCH3 is 1. The highest BCUT2D eigenvalue weighted by Gasteiger charge is 2.24. The lowest BCUT2D eigenvalue weighted by atomic mass is 10.2. The number of aryl methyl sites for hydroxylation is 1. The van der Waals surface area contributed by atoms with Gasteiger partial charge in [0.05, 0.1) is 12.8 Å². The third kappa shape index (κ3) is 4.53. The van der Waals surface area contributed by atoms with Crippen LogP contribution in [-0.2, 0) is 18.4 Å². The Labute approximate surface area is 180 Å². The summed E-state index contributed by atoms with van der Waals surface area (Å²) >= 11 is 0. The number of carbonyl (C=O) groups excluding carboxylic acids is 2. The molecule has 1 aromatic heterocycles. The Kier molecular flexibility index (Phi) is 5.88. The lowest BCUT2D eigenvalue weighted by Gasteiger charge is -2.19. The van der Waals surface area contributed by atoms with Crippen molar-refractivity contribution in [2.45, 2.75) is 19.4 Å². The quantitative estimate of drug-likeness (QED) is 0.633. The molecule has 1 saturated heterocycles. The molecule has 0 radical (unpaired) electrons. The van der Waals surface area contributed by atoms with Gasteiger partial charge in [-0.3, -0.25) is 9.59 Å². The van der Waals surface area contributed by atoms with Crippen LogP contribution in [0, 0.1) is 0 Å². The van der Waals surface area contributed by atoms with Crippen LogP contribution in [0.1, 0.15) is 29.0 Å². The van der Waals surface area contributed by atoms with Gasteiger partial charge in [-0.05, 0) is 42.8 Å². The molecule has 0 spiro atoms. The molecule has 8 heteroatoms. The lowest BCUT2D eigenvalue weighted by Crippen LogP contribution is -2.24. The summed E-state index contributed by atoms with van der Waals surface area (Å²) in [5, 5.41) is 2.87. The largest absolute Gasteiger partial charge is 0.494 e. The average molecular weight is 420 g/mol. The molecule has 160 valence electrons. The maximum atomic E-state index is 12.6. The highest BCUT2D eigenvalue weighted by Crippen LogP contribution is 2.34.